The average Bonchev–Trinajstić information content (AvgIpc) is 2.65. The fourth-order valence-corrected chi connectivity index (χ4v) is 2.46. The minimum absolute atomic E-state index is 0.422. The topological polar surface area (TPSA) is 56.3 Å². The summed E-state index contributed by atoms with van der Waals surface area (Å²) in [6.07, 6.45) is 5.72. The molecule has 0 aromatic heterocycles. The van der Waals surface area contributed by atoms with Gasteiger partial charge in [0.05, 0.1) is 11.8 Å². The Kier molecular flexibility index (Phi) is 3.97. The predicted octanol–water partition coefficient (Wildman–Crippen LogP) is -0.210. The normalized spacial score (nSPS) is 37.8. The maximum Gasteiger partial charge on any atom is 0.0784 e. The Hall–Kier alpha value is -0.160. The van der Waals surface area contributed by atoms with Crippen molar-refractivity contribution in [2.24, 2.45) is 0 Å². The van der Waals surface area contributed by atoms with Gasteiger partial charge in [-0.3, -0.25) is 5.32 Å². The summed E-state index contributed by atoms with van der Waals surface area (Å²) in [5.74, 6) is 0. The van der Waals surface area contributed by atoms with E-state index in [-0.39, 0.29) is 0 Å². The van der Waals surface area contributed by atoms with Gasteiger partial charge in [-0.1, -0.05) is 0 Å². The second-order valence-corrected chi connectivity index (χ2v) is 4.86. The molecule has 2 aliphatic heterocycles. The molecule has 2 aliphatic rings. The van der Waals surface area contributed by atoms with E-state index < -0.39 is 5.60 Å². The monoisotopic (exact) mass is 213 g/mol. The lowest BCUT2D eigenvalue weighted by Crippen LogP contribution is -2.47. The highest BCUT2D eigenvalue weighted by atomic mass is 16.3. The molecule has 0 radical (unpaired) electrons. The van der Waals surface area contributed by atoms with Crippen LogP contribution in [0.2, 0.25) is 0 Å². The molecule has 2 rings (SSSR count). The molecule has 15 heavy (non-hydrogen) atoms. The van der Waals surface area contributed by atoms with E-state index >= 15 is 0 Å². The van der Waals surface area contributed by atoms with E-state index in [1.807, 2.05) is 0 Å². The highest BCUT2D eigenvalue weighted by Gasteiger charge is 2.28. The first-order chi connectivity index (χ1) is 7.29. The molecule has 0 spiro atoms. The number of hydrogen-bond donors (Lipinski definition) is 4. The summed E-state index contributed by atoms with van der Waals surface area (Å²) < 4.78 is 0. The van der Waals surface area contributed by atoms with Crippen molar-refractivity contribution in [2.75, 3.05) is 26.2 Å². The maximum atomic E-state index is 10.4. The Morgan fingerprint density at radius 2 is 2.13 bits per heavy atom. The first-order valence-electron chi connectivity index (χ1n) is 6.18. The van der Waals surface area contributed by atoms with Gasteiger partial charge in [0.2, 0.25) is 0 Å². The van der Waals surface area contributed by atoms with Crippen LogP contribution in [0.3, 0.4) is 0 Å². The molecular formula is C11H23N3O. The molecule has 0 saturated carbocycles. The fourth-order valence-electron chi connectivity index (χ4n) is 2.46. The van der Waals surface area contributed by atoms with E-state index in [0.717, 1.165) is 45.4 Å². The van der Waals surface area contributed by atoms with Gasteiger partial charge in [0.15, 0.2) is 0 Å². The van der Waals surface area contributed by atoms with Crippen LogP contribution in [0, 0.1) is 0 Å². The number of hydrogen-bond acceptors (Lipinski definition) is 4. The third-order valence-electron chi connectivity index (χ3n) is 3.50. The van der Waals surface area contributed by atoms with E-state index in [0.29, 0.717) is 6.17 Å². The van der Waals surface area contributed by atoms with E-state index in [1.165, 1.54) is 12.8 Å². The minimum Gasteiger partial charge on any atom is -0.389 e. The molecule has 2 atom stereocenters. The summed E-state index contributed by atoms with van der Waals surface area (Å²) in [6, 6.07) is 0. The van der Waals surface area contributed by atoms with Gasteiger partial charge >= 0.3 is 0 Å². The van der Waals surface area contributed by atoms with Crippen molar-refractivity contribution in [1.29, 1.82) is 0 Å². The number of nitrogens with one attached hydrogen (secondary N) is 3. The van der Waals surface area contributed by atoms with Crippen molar-refractivity contribution < 1.29 is 5.11 Å². The van der Waals surface area contributed by atoms with Crippen molar-refractivity contribution in [3.8, 4) is 0 Å². The smallest absolute Gasteiger partial charge is 0.0784 e. The average molecular weight is 213 g/mol. The molecule has 0 aromatic carbocycles. The molecule has 0 aliphatic carbocycles. The summed E-state index contributed by atoms with van der Waals surface area (Å²) in [7, 11) is 0. The third-order valence-corrected chi connectivity index (χ3v) is 3.50. The second kappa shape index (κ2) is 5.25. The second-order valence-electron chi connectivity index (χ2n) is 4.86. The van der Waals surface area contributed by atoms with Crippen molar-refractivity contribution >= 4 is 0 Å². The molecule has 0 bridgehead atoms. The van der Waals surface area contributed by atoms with Gasteiger partial charge in [-0.2, -0.15) is 0 Å². The van der Waals surface area contributed by atoms with Crippen LogP contribution >= 0.6 is 0 Å². The molecular weight excluding hydrogens is 190 g/mol. The van der Waals surface area contributed by atoms with Gasteiger partial charge in [-0.05, 0) is 51.7 Å². The number of rotatable bonds is 3. The summed E-state index contributed by atoms with van der Waals surface area (Å²) in [5.41, 5.74) is -0.492. The van der Waals surface area contributed by atoms with Crippen LogP contribution in [0.1, 0.15) is 32.1 Å². The van der Waals surface area contributed by atoms with Crippen LogP contribution in [0.25, 0.3) is 0 Å². The quantitative estimate of drug-likeness (QED) is 0.524. The first kappa shape index (κ1) is 11.3. The molecule has 2 unspecified atom stereocenters. The maximum absolute atomic E-state index is 10.4. The molecule has 2 fully saturated rings. The first-order valence-corrected chi connectivity index (χ1v) is 6.18. The Morgan fingerprint density at radius 3 is 2.93 bits per heavy atom. The van der Waals surface area contributed by atoms with Gasteiger partial charge in [0, 0.05) is 6.54 Å². The van der Waals surface area contributed by atoms with Crippen molar-refractivity contribution in [3.63, 3.8) is 0 Å². The largest absolute Gasteiger partial charge is 0.389 e. The number of aliphatic hydroxyl groups is 1. The van der Waals surface area contributed by atoms with E-state index in [1.54, 1.807) is 0 Å². The van der Waals surface area contributed by atoms with E-state index in [4.69, 9.17) is 0 Å². The van der Waals surface area contributed by atoms with E-state index in [2.05, 4.69) is 16.0 Å². The zero-order chi connectivity index (χ0) is 10.6. The fraction of sp³-hybridized carbons (Fsp3) is 1.00. The van der Waals surface area contributed by atoms with E-state index in [9.17, 15) is 5.11 Å². The Balaban J connectivity index is 1.75. The summed E-state index contributed by atoms with van der Waals surface area (Å²) >= 11 is 0. The van der Waals surface area contributed by atoms with Crippen LogP contribution in [0.15, 0.2) is 0 Å². The van der Waals surface area contributed by atoms with Gasteiger partial charge in [-0.25, -0.2) is 0 Å². The minimum atomic E-state index is -0.492. The SMILES string of the molecule is OC1(CNC2CCCN2)CCCNCC1. The lowest BCUT2D eigenvalue weighted by Gasteiger charge is -2.28. The molecule has 88 valence electrons. The van der Waals surface area contributed by atoms with Crippen LogP contribution in [-0.2, 0) is 0 Å². The summed E-state index contributed by atoms with van der Waals surface area (Å²) in [6.45, 7) is 3.82. The van der Waals surface area contributed by atoms with Crippen LogP contribution in [-0.4, -0.2) is 43.1 Å². The molecule has 0 aromatic rings. The van der Waals surface area contributed by atoms with Crippen LogP contribution in [0.5, 0.6) is 0 Å². The molecule has 2 saturated heterocycles. The zero-order valence-corrected chi connectivity index (χ0v) is 9.39. The van der Waals surface area contributed by atoms with Gasteiger partial charge in [-0.15, -0.1) is 0 Å². The van der Waals surface area contributed by atoms with Crippen molar-refractivity contribution in [2.45, 2.75) is 43.9 Å². The molecule has 4 N–H and O–H groups in total. The summed E-state index contributed by atoms with van der Waals surface area (Å²) in [5, 5.41) is 20.5. The van der Waals surface area contributed by atoms with Gasteiger partial charge in [0.25, 0.3) is 0 Å². The van der Waals surface area contributed by atoms with Gasteiger partial charge in [0.1, 0.15) is 0 Å². The molecule has 4 heteroatoms. The zero-order valence-electron chi connectivity index (χ0n) is 9.39. The third kappa shape index (κ3) is 3.41. The summed E-state index contributed by atoms with van der Waals surface area (Å²) in [4.78, 5) is 0. The lowest BCUT2D eigenvalue weighted by atomic mass is 9.95. The Labute approximate surface area is 91.8 Å². The molecule has 2 heterocycles. The van der Waals surface area contributed by atoms with Gasteiger partial charge < -0.3 is 15.7 Å². The predicted molar refractivity (Wildman–Crippen MR) is 60.7 cm³/mol. The molecule has 0 amide bonds. The van der Waals surface area contributed by atoms with Crippen molar-refractivity contribution in [1.82, 2.24) is 16.0 Å². The Morgan fingerprint density at radius 1 is 1.20 bits per heavy atom. The molecule has 4 nitrogen and oxygen atoms in total. The highest BCUT2D eigenvalue weighted by molar-refractivity contribution is 4.86. The lowest BCUT2D eigenvalue weighted by molar-refractivity contribution is 0.0253. The van der Waals surface area contributed by atoms with Crippen LogP contribution in [0.4, 0.5) is 0 Å². The van der Waals surface area contributed by atoms with Crippen LogP contribution < -0.4 is 16.0 Å². The highest BCUT2D eigenvalue weighted by Crippen LogP contribution is 2.18. The Bertz CT molecular complexity index is 184. The standard InChI is InChI=1S/C11H23N3O/c15-11(4-2-6-12-8-5-11)9-14-10-3-1-7-13-10/h10,12-15H,1-9H2. The van der Waals surface area contributed by atoms with Crippen molar-refractivity contribution in [3.05, 3.63) is 0 Å².